The molecule has 0 spiro atoms. The summed E-state index contributed by atoms with van der Waals surface area (Å²) in [5.41, 5.74) is 1.30. The Morgan fingerprint density at radius 2 is 1.69 bits per heavy atom. The van der Waals surface area contributed by atoms with Crippen LogP contribution in [0.25, 0.3) is 0 Å². The molecular weight excluding hydrogens is 375 g/mol. The van der Waals surface area contributed by atoms with Crippen molar-refractivity contribution in [3.05, 3.63) is 64.1 Å². The lowest BCUT2D eigenvalue weighted by atomic mass is 10.2. The summed E-state index contributed by atoms with van der Waals surface area (Å²) in [6, 6.07) is 14.5. The fourth-order valence-electron chi connectivity index (χ4n) is 2.27. The van der Waals surface area contributed by atoms with Gasteiger partial charge in [-0.2, -0.15) is 0 Å². The van der Waals surface area contributed by atoms with Gasteiger partial charge in [0.25, 0.3) is 5.91 Å². The molecule has 2 aromatic rings. The van der Waals surface area contributed by atoms with Crippen molar-refractivity contribution in [2.45, 2.75) is 19.6 Å². The van der Waals surface area contributed by atoms with Crippen LogP contribution in [0.4, 0.5) is 5.69 Å². The van der Waals surface area contributed by atoms with E-state index in [9.17, 15) is 9.59 Å². The number of ether oxygens (including phenoxy) is 1. The molecule has 0 saturated carbocycles. The molecule has 0 aliphatic carbocycles. The fourth-order valence-corrected chi connectivity index (χ4v) is 2.76. The van der Waals surface area contributed by atoms with Crippen LogP contribution < -0.4 is 5.32 Å². The van der Waals surface area contributed by atoms with E-state index in [2.05, 4.69) is 5.32 Å². The summed E-state index contributed by atoms with van der Waals surface area (Å²) in [7, 11) is 1.54. The van der Waals surface area contributed by atoms with Crippen molar-refractivity contribution >= 4 is 40.7 Å². The van der Waals surface area contributed by atoms with Gasteiger partial charge in [0.05, 0.1) is 28.9 Å². The molecule has 2 rings (SSSR count). The highest BCUT2D eigenvalue weighted by Gasteiger charge is 2.21. The molecular formula is C19H20Cl2N2O3. The molecule has 0 radical (unpaired) electrons. The highest BCUT2D eigenvalue weighted by atomic mass is 35.5. The van der Waals surface area contributed by atoms with Crippen LogP contribution in [0, 0.1) is 0 Å². The third-order valence-corrected chi connectivity index (χ3v) is 4.30. The topological polar surface area (TPSA) is 58.6 Å². The van der Waals surface area contributed by atoms with E-state index in [4.69, 9.17) is 27.9 Å². The monoisotopic (exact) mass is 394 g/mol. The second kappa shape index (κ2) is 9.57. The summed E-state index contributed by atoms with van der Waals surface area (Å²) in [5, 5.41) is 3.29. The number of rotatable bonds is 7. The number of nitrogens with one attached hydrogen (secondary N) is 1. The Hall–Kier alpha value is -2.08. The second-order valence-electron chi connectivity index (χ2n) is 5.78. The van der Waals surface area contributed by atoms with Crippen LogP contribution in [0.15, 0.2) is 48.5 Å². The van der Waals surface area contributed by atoms with Crippen molar-refractivity contribution < 1.29 is 14.3 Å². The van der Waals surface area contributed by atoms with E-state index in [0.717, 1.165) is 5.56 Å². The second-order valence-corrected chi connectivity index (χ2v) is 6.59. The Kier molecular flexibility index (Phi) is 7.45. The van der Waals surface area contributed by atoms with Gasteiger partial charge in [-0.15, -0.1) is 0 Å². The van der Waals surface area contributed by atoms with Gasteiger partial charge in [-0.25, -0.2) is 0 Å². The molecule has 1 atom stereocenters. The summed E-state index contributed by atoms with van der Waals surface area (Å²) in [4.78, 5) is 25.8. The zero-order valence-corrected chi connectivity index (χ0v) is 16.1. The first-order chi connectivity index (χ1) is 12.4. The molecule has 2 amide bonds. The van der Waals surface area contributed by atoms with Crippen LogP contribution >= 0.6 is 23.2 Å². The number of carbonyl (C=O) groups is 2. The predicted octanol–water partition coefficient (Wildman–Crippen LogP) is 4.00. The van der Waals surface area contributed by atoms with Crippen molar-refractivity contribution in [3.8, 4) is 0 Å². The molecule has 0 heterocycles. The van der Waals surface area contributed by atoms with Gasteiger partial charge in [0.2, 0.25) is 5.91 Å². The smallest absolute Gasteiger partial charge is 0.251 e. The minimum atomic E-state index is -0.670. The Morgan fingerprint density at radius 1 is 1.08 bits per heavy atom. The van der Waals surface area contributed by atoms with Gasteiger partial charge in [0.15, 0.2) is 0 Å². The van der Waals surface area contributed by atoms with Gasteiger partial charge in [0, 0.05) is 7.05 Å². The fraction of sp³-hybridized carbons (Fsp3) is 0.263. The largest absolute Gasteiger partial charge is 0.364 e. The number of hydrogen-bond acceptors (Lipinski definition) is 3. The molecule has 5 nitrogen and oxygen atoms in total. The Balaban J connectivity index is 1.86. The number of para-hydroxylation sites is 1. The maximum Gasteiger partial charge on any atom is 0.251 e. The van der Waals surface area contributed by atoms with Crippen molar-refractivity contribution in [1.82, 2.24) is 4.90 Å². The first kappa shape index (κ1) is 20.2. The molecule has 1 N–H and O–H groups in total. The number of nitrogens with zero attached hydrogens (tertiary/aromatic N) is 1. The maximum atomic E-state index is 12.4. The highest BCUT2D eigenvalue weighted by Crippen LogP contribution is 2.29. The summed E-state index contributed by atoms with van der Waals surface area (Å²) < 4.78 is 5.58. The molecule has 138 valence electrons. The Bertz CT molecular complexity index is 748. The summed E-state index contributed by atoms with van der Waals surface area (Å²) in [6.45, 7) is 1.84. The standard InChI is InChI=1S/C19H20Cl2N2O3/c1-13(26-12-14-7-4-3-5-8-14)19(25)23(2)11-17(24)22-18-15(20)9-6-10-16(18)21/h3-10,13H,11-12H2,1-2H3,(H,22,24). The van der Waals surface area contributed by atoms with Crippen LogP contribution in [0.2, 0.25) is 10.0 Å². The summed E-state index contributed by atoms with van der Waals surface area (Å²) in [6.07, 6.45) is -0.670. The summed E-state index contributed by atoms with van der Waals surface area (Å²) in [5.74, 6) is -0.688. The number of hydrogen-bond donors (Lipinski definition) is 1. The molecule has 26 heavy (non-hydrogen) atoms. The van der Waals surface area contributed by atoms with Gasteiger partial charge in [-0.1, -0.05) is 59.6 Å². The van der Waals surface area contributed by atoms with Crippen molar-refractivity contribution in [3.63, 3.8) is 0 Å². The normalized spacial score (nSPS) is 11.7. The van der Waals surface area contributed by atoms with Crippen molar-refractivity contribution in [2.75, 3.05) is 18.9 Å². The highest BCUT2D eigenvalue weighted by molar-refractivity contribution is 6.39. The van der Waals surface area contributed by atoms with Gasteiger partial charge < -0.3 is 15.0 Å². The number of benzene rings is 2. The molecule has 0 aliphatic rings. The first-order valence-electron chi connectivity index (χ1n) is 8.03. The lowest BCUT2D eigenvalue weighted by Gasteiger charge is -2.21. The van der Waals surface area contributed by atoms with Crippen molar-refractivity contribution in [2.24, 2.45) is 0 Å². The molecule has 0 fully saturated rings. The minimum Gasteiger partial charge on any atom is -0.364 e. The lowest BCUT2D eigenvalue weighted by Crippen LogP contribution is -2.40. The van der Waals surface area contributed by atoms with Crippen LogP contribution in [-0.2, 0) is 20.9 Å². The van der Waals surface area contributed by atoms with E-state index in [0.29, 0.717) is 22.3 Å². The number of likely N-dealkylation sites (N-methyl/N-ethyl adjacent to an activating group) is 1. The van der Waals surface area contributed by atoms with Gasteiger partial charge in [-0.05, 0) is 24.6 Å². The predicted molar refractivity (Wildman–Crippen MR) is 103 cm³/mol. The SMILES string of the molecule is CC(OCc1ccccc1)C(=O)N(C)CC(=O)Nc1c(Cl)cccc1Cl. The molecule has 0 aliphatic heterocycles. The molecule has 7 heteroatoms. The van der Waals surface area contributed by atoms with Crippen molar-refractivity contribution in [1.29, 1.82) is 0 Å². The third-order valence-electron chi connectivity index (χ3n) is 3.67. The molecule has 2 aromatic carbocycles. The van der Waals surface area contributed by atoms with Crippen LogP contribution in [-0.4, -0.2) is 36.4 Å². The molecule has 0 aromatic heterocycles. The number of carbonyl (C=O) groups excluding carboxylic acids is 2. The van der Waals surface area contributed by atoms with Gasteiger partial charge in [-0.3, -0.25) is 9.59 Å². The molecule has 0 bridgehead atoms. The lowest BCUT2D eigenvalue weighted by molar-refractivity contribution is -0.143. The summed E-state index contributed by atoms with van der Waals surface area (Å²) >= 11 is 12.0. The zero-order valence-electron chi connectivity index (χ0n) is 14.5. The number of halogens is 2. The van der Waals surface area contributed by atoms with E-state index in [1.165, 1.54) is 4.90 Å². The third kappa shape index (κ3) is 5.73. The van der Waals surface area contributed by atoms with E-state index >= 15 is 0 Å². The van der Waals surface area contributed by atoms with E-state index in [1.54, 1.807) is 32.2 Å². The average Bonchev–Trinajstić information content (AvgIpc) is 2.63. The number of anilines is 1. The van der Waals surface area contributed by atoms with E-state index in [-0.39, 0.29) is 12.5 Å². The van der Waals surface area contributed by atoms with Gasteiger partial charge in [0.1, 0.15) is 6.10 Å². The average molecular weight is 395 g/mol. The van der Waals surface area contributed by atoms with Gasteiger partial charge >= 0.3 is 0 Å². The minimum absolute atomic E-state index is 0.139. The van der Waals surface area contributed by atoms with Crippen LogP contribution in [0.5, 0.6) is 0 Å². The quantitative estimate of drug-likeness (QED) is 0.771. The van der Waals surface area contributed by atoms with Crippen LogP contribution in [0.3, 0.4) is 0 Å². The van der Waals surface area contributed by atoms with E-state index in [1.807, 2.05) is 30.3 Å². The Labute approximate surface area is 162 Å². The van der Waals surface area contributed by atoms with E-state index < -0.39 is 12.0 Å². The molecule has 0 saturated heterocycles. The first-order valence-corrected chi connectivity index (χ1v) is 8.78. The zero-order chi connectivity index (χ0) is 19.1. The number of amides is 2. The Morgan fingerprint density at radius 3 is 2.31 bits per heavy atom. The molecule has 1 unspecified atom stereocenters. The van der Waals surface area contributed by atoms with Crippen LogP contribution in [0.1, 0.15) is 12.5 Å². The maximum absolute atomic E-state index is 12.4.